The third-order valence-electron chi connectivity index (χ3n) is 2.30. The standard InChI is InChI=1S/C12H10F3NO3/c1-2-19-11(18)10-8(6-17)3-7(5-16)4-9(10)12(13,14)15/h3-4,17H,2,6H2,1H3. The molecule has 1 N–H and O–H groups in total. The Morgan fingerprint density at radius 1 is 1.47 bits per heavy atom. The van der Waals surface area contributed by atoms with E-state index in [1.165, 1.54) is 6.92 Å². The Morgan fingerprint density at radius 3 is 2.53 bits per heavy atom. The average molecular weight is 273 g/mol. The number of rotatable bonds is 3. The van der Waals surface area contributed by atoms with Crippen LogP contribution in [0.1, 0.15) is 34.0 Å². The van der Waals surface area contributed by atoms with E-state index in [9.17, 15) is 18.0 Å². The summed E-state index contributed by atoms with van der Waals surface area (Å²) in [6.07, 6.45) is -4.82. The van der Waals surface area contributed by atoms with Gasteiger partial charge in [0, 0.05) is 0 Å². The fraction of sp³-hybridized carbons (Fsp3) is 0.333. The second-order valence-electron chi connectivity index (χ2n) is 3.55. The lowest BCUT2D eigenvalue weighted by Crippen LogP contribution is -2.18. The minimum Gasteiger partial charge on any atom is -0.462 e. The molecule has 0 amide bonds. The molecule has 0 saturated heterocycles. The van der Waals surface area contributed by atoms with Gasteiger partial charge in [0.2, 0.25) is 0 Å². The first-order valence-electron chi connectivity index (χ1n) is 5.27. The molecule has 0 unspecified atom stereocenters. The largest absolute Gasteiger partial charge is 0.462 e. The highest BCUT2D eigenvalue weighted by Gasteiger charge is 2.37. The van der Waals surface area contributed by atoms with E-state index in [1.807, 2.05) is 0 Å². The van der Waals surface area contributed by atoms with Crippen molar-refractivity contribution in [3.05, 3.63) is 34.4 Å². The number of carbonyl (C=O) groups excluding carboxylic acids is 1. The van der Waals surface area contributed by atoms with Gasteiger partial charge in [0.25, 0.3) is 0 Å². The number of halogens is 3. The van der Waals surface area contributed by atoms with Crippen molar-refractivity contribution >= 4 is 5.97 Å². The van der Waals surface area contributed by atoms with Crippen LogP contribution in [0.25, 0.3) is 0 Å². The highest BCUT2D eigenvalue weighted by molar-refractivity contribution is 5.93. The lowest BCUT2D eigenvalue weighted by molar-refractivity contribution is -0.138. The van der Waals surface area contributed by atoms with Crippen LogP contribution in [0.2, 0.25) is 0 Å². The van der Waals surface area contributed by atoms with Crippen LogP contribution in [0.4, 0.5) is 13.2 Å². The first-order valence-corrected chi connectivity index (χ1v) is 5.27. The molecular weight excluding hydrogens is 263 g/mol. The van der Waals surface area contributed by atoms with Gasteiger partial charge in [-0.25, -0.2) is 4.79 Å². The molecule has 0 atom stereocenters. The van der Waals surface area contributed by atoms with Gasteiger partial charge in [-0.2, -0.15) is 18.4 Å². The van der Waals surface area contributed by atoms with E-state index in [-0.39, 0.29) is 17.7 Å². The summed E-state index contributed by atoms with van der Waals surface area (Å²) in [5.74, 6) is -1.18. The van der Waals surface area contributed by atoms with Crippen molar-refractivity contribution in [1.29, 1.82) is 5.26 Å². The van der Waals surface area contributed by atoms with Crippen molar-refractivity contribution in [2.75, 3.05) is 6.61 Å². The van der Waals surface area contributed by atoms with Gasteiger partial charge in [-0.3, -0.25) is 0 Å². The number of benzene rings is 1. The fourth-order valence-corrected chi connectivity index (χ4v) is 1.56. The van der Waals surface area contributed by atoms with Crippen LogP contribution < -0.4 is 0 Å². The Morgan fingerprint density at radius 2 is 2.11 bits per heavy atom. The maximum atomic E-state index is 12.9. The number of aliphatic hydroxyl groups is 1. The molecule has 7 heteroatoms. The number of aliphatic hydroxyl groups excluding tert-OH is 1. The molecule has 0 aliphatic heterocycles. The average Bonchev–Trinajstić information content (AvgIpc) is 2.36. The van der Waals surface area contributed by atoms with Crippen LogP contribution >= 0.6 is 0 Å². The van der Waals surface area contributed by atoms with Crippen LogP contribution in [0.3, 0.4) is 0 Å². The van der Waals surface area contributed by atoms with Crippen LogP contribution in [-0.2, 0) is 17.5 Å². The van der Waals surface area contributed by atoms with Gasteiger partial charge in [-0.1, -0.05) is 0 Å². The molecule has 0 aromatic heterocycles. The van der Waals surface area contributed by atoms with Crippen molar-refractivity contribution in [3.8, 4) is 6.07 Å². The summed E-state index contributed by atoms with van der Waals surface area (Å²) in [4.78, 5) is 11.6. The number of nitriles is 1. The molecule has 4 nitrogen and oxygen atoms in total. The zero-order chi connectivity index (χ0) is 14.6. The van der Waals surface area contributed by atoms with Gasteiger partial charge in [0.15, 0.2) is 0 Å². The molecular formula is C12H10F3NO3. The minimum atomic E-state index is -4.82. The molecule has 0 fully saturated rings. The predicted octanol–water partition coefficient (Wildman–Crippen LogP) is 2.25. The monoisotopic (exact) mass is 273 g/mol. The van der Waals surface area contributed by atoms with Gasteiger partial charge < -0.3 is 9.84 Å². The lowest BCUT2D eigenvalue weighted by atomic mass is 9.97. The van der Waals surface area contributed by atoms with E-state index in [1.54, 1.807) is 6.07 Å². The van der Waals surface area contributed by atoms with Crippen LogP contribution in [0, 0.1) is 11.3 Å². The topological polar surface area (TPSA) is 70.3 Å². The van der Waals surface area contributed by atoms with E-state index < -0.39 is 29.9 Å². The molecule has 0 bridgehead atoms. The fourth-order valence-electron chi connectivity index (χ4n) is 1.56. The Bertz CT molecular complexity index is 532. The second-order valence-corrected chi connectivity index (χ2v) is 3.55. The Labute approximate surface area is 107 Å². The predicted molar refractivity (Wildman–Crippen MR) is 58.0 cm³/mol. The molecule has 0 saturated carbocycles. The number of esters is 1. The number of hydrogen-bond donors (Lipinski definition) is 1. The molecule has 102 valence electrons. The number of alkyl halides is 3. The van der Waals surface area contributed by atoms with Gasteiger partial charge >= 0.3 is 12.1 Å². The summed E-state index contributed by atoms with van der Waals surface area (Å²) in [6.45, 7) is 0.557. The zero-order valence-electron chi connectivity index (χ0n) is 9.91. The van der Waals surface area contributed by atoms with E-state index >= 15 is 0 Å². The molecule has 1 aromatic rings. The first kappa shape index (κ1) is 15.0. The number of hydrogen-bond acceptors (Lipinski definition) is 4. The smallest absolute Gasteiger partial charge is 0.417 e. The van der Waals surface area contributed by atoms with Crippen molar-refractivity contribution < 1.29 is 27.8 Å². The van der Waals surface area contributed by atoms with E-state index in [2.05, 4.69) is 4.74 Å². The summed E-state index contributed by atoms with van der Waals surface area (Å²) >= 11 is 0. The first-order chi connectivity index (χ1) is 8.85. The summed E-state index contributed by atoms with van der Waals surface area (Å²) in [5, 5.41) is 17.7. The highest BCUT2D eigenvalue weighted by atomic mass is 19.4. The number of carbonyl (C=O) groups is 1. The van der Waals surface area contributed by atoms with Gasteiger partial charge in [-0.15, -0.1) is 0 Å². The van der Waals surface area contributed by atoms with Crippen LogP contribution in [0.15, 0.2) is 12.1 Å². The van der Waals surface area contributed by atoms with Crippen molar-refractivity contribution in [2.45, 2.75) is 19.7 Å². The summed E-state index contributed by atoms with van der Waals surface area (Å²) in [5.41, 5.74) is -2.61. The Balaban J connectivity index is 3.57. The molecule has 0 spiro atoms. The van der Waals surface area contributed by atoms with E-state index in [0.29, 0.717) is 6.07 Å². The SMILES string of the molecule is CCOC(=O)c1c(CO)cc(C#N)cc1C(F)(F)F. The Kier molecular flexibility index (Phi) is 4.51. The van der Waals surface area contributed by atoms with Crippen molar-refractivity contribution in [3.63, 3.8) is 0 Å². The molecule has 0 aliphatic carbocycles. The summed E-state index contributed by atoms with van der Waals surface area (Å²) in [7, 11) is 0. The van der Waals surface area contributed by atoms with E-state index in [4.69, 9.17) is 10.4 Å². The number of ether oxygens (including phenoxy) is 1. The molecule has 1 rings (SSSR count). The molecule has 1 aromatic carbocycles. The zero-order valence-corrected chi connectivity index (χ0v) is 9.91. The normalized spacial score (nSPS) is 10.9. The van der Waals surface area contributed by atoms with Crippen molar-refractivity contribution in [1.82, 2.24) is 0 Å². The third-order valence-corrected chi connectivity index (χ3v) is 2.30. The third kappa shape index (κ3) is 3.23. The van der Waals surface area contributed by atoms with Crippen LogP contribution in [0.5, 0.6) is 0 Å². The maximum Gasteiger partial charge on any atom is 0.417 e. The minimum absolute atomic E-state index is 0.0962. The van der Waals surface area contributed by atoms with Crippen molar-refractivity contribution in [2.24, 2.45) is 0 Å². The second kappa shape index (κ2) is 5.71. The van der Waals surface area contributed by atoms with Gasteiger partial charge in [-0.05, 0) is 24.6 Å². The maximum absolute atomic E-state index is 12.9. The lowest BCUT2D eigenvalue weighted by Gasteiger charge is -2.15. The highest BCUT2D eigenvalue weighted by Crippen LogP contribution is 2.34. The summed E-state index contributed by atoms with van der Waals surface area (Å²) in [6, 6.07) is 3.14. The quantitative estimate of drug-likeness (QED) is 0.857. The molecule has 19 heavy (non-hydrogen) atoms. The molecule has 0 aliphatic rings. The number of nitrogens with zero attached hydrogens (tertiary/aromatic N) is 1. The summed E-state index contributed by atoms with van der Waals surface area (Å²) < 4.78 is 43.2. The van der Waals surface area contributed by atoms with E-state index in [0.717, 1.165) is 6.07 Å². The molecule has 0 heterocycles. The van der Waals surface area contributed by atoms with Crippen LogP contribution in [-0.4, -0.2) is 17.7 Å². The Hall–Kier alpha value is -2.07. The molecule has 0 radical (unpaired) electrons. The van der Waals surface area contributed by atoms with Gasteiger partial charge in [0.1, 0.15) is 0 Å². The van der Waals surface area contributed by atoms with Gasteiger partial charge in [0.05, 0.1) is 36.0 Å².